The number of nitrogens with zero attached hydrogens (tertiary/aromatic N) is 1. The van der Waals surface area contributed by atoms with Crippen LogP contribution in [0.3, 0.4) is 0 Å². The molecule has 25 heavy (non-hydrogen) atoms. The molecule has 1 aromatic carbocycles. The quantitative estimate of drug-likeness (QED) is 0.815. The second-order valence-electron chi connectivity index (χ2n) is 7.64. The van der Waals surface area contributed by atoms with E-state index < -0.39 is 26.2 Å². The zero-order valence-corrected chi connectivity index (χ0v) is 15.7. The fourth-order valence-corrected chi connectivity index (χ4v) is 4.30. The summed E-state index contributed by atoms with van der Waals surface area (Å²) in [6.45, 7) is 6.08. The van der Waals surface area contributed by atoms with Gasteiger partial charge in [0.2, 0.25) is 5.91 Å². The van der Waals surface area contributed by atoms with E-state index in [-0.39, 0.29) is 24.0 Å². The number of carbonyl (C=O) groups is 1. The van der Waals surface area contributed by atoms with Crippen molar-refractivity contribution in [3.63, 3.8) is 0 Å². The molecule has 0 aliphatic carbocycles. The van der Waals surface area contributed by atoms with Gasteiger partial charge in [-0.15, -0.1) is 0 Å². The van der Waals surface area contributed by atoms with Crippen LogP contribution in [0.1, 0.15) is 39.2 Å². The zero-order chi connectivity index (χ0) is 18.8. The molecule has 0 aromatic heterocycles. The van der Waals surface area contributed by atoms with Gasteiger partial charge in [0, 0.05) is 13.1 Å². The Labute approximate surface area is 148 Å². The monoisotopic (exact) mass is 373 g/mol. The Hall–Kier alpha value is -1.50. The van der Waals surface area contributed by atoms with Crippen molar-refractivity contribution >= 4 is 15.7 Å². The van der Waals surface area contributed by atoms with Crippen LogP contribution in [0.2, 0.25) is 0 Å². The van der Waals surface area contributed by atoms with Gasteiger partial charge in [0.1, 0.15) is 0 Å². The standard InChI is InChI=1S/C18H25F2NO3S/c1-18(2,3)25(23,24)12-13-6-8-21(9-7-13)17(22)11-14-4-5-15(19)16(20)10-14/h4-5,10,13H,6-9,11-12H2,1-3H3. The molecule has 2 rings (SSSR count). The highest BCUT2D eigenvalue weighted by Gasteiger charge is 2.33. The van der Waals surface area contributed by atoms with E-state index in [4.69, 9.17) is 0 Å². The minimum absolute atomic E-state index is 0.0160. The highest BCUT2D eigenvalue weighted by atomic mass is 32.2. The van der Waals surface area contributed by atoms with Crippen LogP contribution in [-0.4, -0.2) is 42.8 Å². The van der Waals surface area contributed by atoms with E-state index in [1.165, 1.54) is 6.07 Å². The van der Waals surface area contributed by atoms with Crippen molar-refractivity contribution in [1.82, 2.24) is 4.90 Å². The Morgan fingerprint density at radius 3 is 2.28 bits per heavy atom. The summed E-state index contributed by atoms with van der Waals surface area (Å²) in [7, 11) is -3.17. The molecular weight excluding hydrogens is 348 g/mol. The van der Waals surface area contributed by atoms with Gasteiger partial charge in [0.05, 0.1) is 16.9 Å². The molecule has 1 aliphatic rings. The zero-order valence-electron chi connectivity index (χ0n) is 14.9. The summed E-state index contributed by atoms with van der Waals surface area (Å²) in [6.07, 6.45) is 1.29. The molecule has 4 nitrogen and oxygen atoms in total. The van der Waals surface area contributed by atoms with Gasteiger partial charge in [0.15, 0.2) is 21.5 Å². The Bertz CT molecular complexity index is 733. The van der Waals surface area contributed by atoms with Gasteiger partial charge < -0.3 is 4.90 Å². The molecule has 1 saturated heterocycles. The molecule has 0 unspecified atom stereocenters. The molecule has 1 amide bonds. The van der Waals surface area contributed by atoms with E-state index in [2.05, 4.69) is 0 Å². The third-order valence-electron chi connectivity index (χ3n) is 4.69. The molecule has 0 radical (unpaired) electrons. The molecule has 0 bridgehead atoms. The van der Waals surface area contributed by atoms with Gasteiger partial charge in [-0.1, -0.05) is 6.07 Å². The SMILES string of the molecule is CC(C)(C)S(=O)(=O)CC1CCN(C(=O)Cc2ccc(F)c(F)c2)CC1. The lowest BCUT2D eigenvalue weighted by Gasteiger charge is -2.33. The van der Waals surface area contributed by atoms with E-state index in [0.29, 0.717) is 31.5 Å². The summed E-state index contributed by atoms with van der Waals surface area (Å²) >= 11 is 0. The Balaban J connectivity index is 1.89. The smallest absolute Gasteiger partial charge is 0.226 e. The van der Waals surface area contributed by atoms with Crippen LogP contribution in [0.25, 0.3) is 0 Å². The van der Waals surface area contributed by atoms with Gasteiger partial charge in [-0.3, -0.25) is 4.79 Å². The van der Waals surface area contributed by atoms with E-state index in [1.54, 1.807) is 25.7 Å². The van der Waals surface area contributed by atoms with Gasteiger partial charge in [-0.2, -0.15) is 0 Å². The Kier molecular flexibility index (Phi) is 5.86. The van der Waals surface area contributed by atoms with E-state index in [0.717, 1.165) is 12.1 Å². The third-order valence-corrected chi connectivity index (χ3v) is 7.47. The molecule has 0 N–H and O–H groups in total. The molecule has 1 aromatic rings. The normalized spacial score (nSPS) is 16.9. The maximum atomic E-state index is 13.2. The maximum Gasteiger partial charge on any atom is 0.226 e. The van der Waals surface area contributed by atoms with E-state index in [9.17, 15) is 22.0 Å². The lowest BCUT2D eigenvalue weighted by molar-refractivity contribution is -0.131. The topological polar surface area (TPSA) is 54.5 Å². The molecule has 140 valence electrons. The van der Waals surface area contributed by atoms with Crippen LogP contribution in [0.15, 0.2) is 18.2 Å². The Morgan fingerprint density at radius 2 is 1.76 bits per heavy atom. The van der Waals surface area contributed by atoms with Gasteiger partial charge in [-0.25, -0.2) is 17.2 Å². The number of hydrogen-bond donors (Lipinski definition) is 0. The molecule has 0 spiro atoms. The molecule has 1 aliphatic heterocycles. The third kappa shape index (κ3) is 5.00. The van der Waals surface area contributed by atoms with Gasteiger partial charge in [-0.05, 0) is 57.2 Å². The van der Waals surface area contributed by atoms with E-state index >= 15 is 0 Å². The molecule has 0 atom stereocenters. The minimum Gasteiger partial charge on any atom is -0.342 e. The van der Waals surface area contributed by atoms with Gasteiger partial charge in [0.25, 0.3) is 0 Å². The highest BCUT2D eigenvalue weighted by Crippen LogP contribution is 2.25. The first-order valence-corrected chi connectivity index (χ1v) is 10.1. The first-order chi connectivity index (χ1) is 11.5. The lowest BCUT2D eigenvalue weighted by Crippen LogP contribution is -2.42. The predicted octanol–water partition coefficient (Wildman–Crippen LogP) is 2.96. The van der Waals surface area contributed by atoms with Crippen molar-refractivity contribution in [1.29, 1.82) is 0 Å². The number of hydrogen-bond acceptors (Lipinski definition) is 3. The summed E-state index contributed by atoms with van der Waals surface area (Å²) < 4.78 is 50.0. The highest BCUT2D eigenvalue weighted by molar-refractivity contribution is 7.92. The minimum atomic E-state index is -3.17. The first kappa shape index (κ1) is 19.8. The molecular formula is C18H25F2NO3S. The van der Waals surface area contributed by atoms with Gasteiger partial charge >= 0.3 is 0 Å². The summed E-state index contributed by atoms with van der Waals surface area (Å²) in [5.74, 6) is -1.85. The first-order valence-electron chi connectivity index (χ1n) is 8.43. The average Bonchev–Trinajstić information content (AvgIpc) is 2.50. The van der Waals surface area contributed by atoms with E-state index in [1.807, 2.05) is 0 Å². The second-order valence-corrected chi connectivity index (χ2v) is 10.4. The van der Waals surface area contributed by atoms with Crippen molar-refractivity contribution in [3.8, 4) is 0 Å². The summed E-state index contributed by atoms with van der Waals surface area (Å²) in [5, 5.41) is 0. The number of piperidine rings is 1. The van der Waals surface area contributed by atoms with Crippen LogP contribution in [0.5, 0.6) is 0 Å². The summed E-state index contributed by atoms with van der Waals surface area (Å²) in [4.78, 5) is 14.0. The van der Waals surface area contributed by atoms with Crippen molar-refractivity contribution < 1.29 is 22.0 Å². The van der Waals surface area contributed by atoms with Crippen LogP contribution >= 0.6 is 0 Å². The van der Waals surface area contributed by atoms with Crippen molar-refractivity contribution in [2.24, 2.45) is 5.92 Å². The van der Waals surface area contributed by atoms with Crippen LogP contribution < -0.4 is 0 Å². The molecule has 7 heteroatoms. The maximum absolute atomic E-state index is 13.2. The number of sulfone groups is 1. The Morgan fingerprint density at radius 1 is 1.16 bits per heavy atom. The van der Waals surface area contributed by atoms with Crippen LogP contribution in [0, 0.1) is 17.6 Å². The number of likely N-dealkylation sites (tertiary alicyclic amines) is 1. The fraction of sp³-hybridized carbons (Fsp3) is 0.611. The van der Waals surface area contributed by atoms with Crippen LogP contribution in [-0.2, 0) is 21.1 Å². The van der Waals surface area contributed by atoms with Crippen molar-refractivity contribution in [2.45, 2.75) is 44.8 Å². The number of amides is 1. The fourth-order valence-electron chi connectivity index (χ4n) is 2.85. The number of halogens is 2. The number of carbonyl (C=O) groups excluding carboxylic acids is 1. The lowest BCUT2D eigenvalue weighted by atomic mass is 9.98. The predicted molar refractivity (Wildman–Crippen MR) is 92.9 cm³/mol. The molecule has 1 heterocycles. The number of benzene rings is 1. The molecule has 1 fully saturated rings. The summed E-state index contributed by atoms with van der Waals surface area (Å²) in [6, 6.07) is 3.45. The van der Waals surface area contributed by atoms with Crippen molar-refractivity contribution in [3.05, 3.63) is 35.4 Å². The largest absolute Gasteiger partial charge is 0.342 e. The van der Waals surface area contributed by atoms with Crippen molar-refractivity contribution in [2.75, 3.05) is 18.8 Å². The second kappa shape index (κ2) is 7.40. The summed E-state index contributed by atoms with van der Waals surface area (Å²) in [5.41, 5.74) is 0.432. The van der Waals surface area contributed by atoms with Crippen LogP contribution in [0.4, 0.5) is 8.78 Å². The molecule has 0 saturated carbocycles. The average molecular weight is 373 g/mol. The number of rotatable bonds is 4.